The first-order valence-electron chi connectivity index (χ1n) is 24.8. The number of aliphatic hydroxyl groups is 2. The van der Waals surface area contributed by atoms with Gasteiger partial charge < -0.3 is 24.6 Å². The fourth-order valence-corrected chi connectivity index (χ4v) is 7.88. The highest BCUT2D eigenvalue weighted by molar-refractivity contribution is 7.47. The van der Waals surface area contributed by atoms with Gasteiger partial charge in [0, 0.05) is 13.0 Å². The monoisotopic (exact) mass is 859 g/mol. The van der Waals surface area contributed by atoms with Gasteiger partial charge in [0.25, 0.3) is 0 Å². The molecule has 0 saturated heterocycles. The SMILES string of the molecule is CCCCCCC/C=C\C/C=C\CCCCCCCCCCCCCCOCC(COP(=O)(O)OCC(O)CO)OC(=O)CCCCCCCCCCCCCCCC. The lowest BCUT2D eigenvalue weighted by Crippen LogP contribution is -2.29. The largest absolute Gasteiger partial charge is 0.472 e. The number of rotatable bonds is 48. The number of hydrogen-bond acceptors (Lipinski definition) is 8. The van der Waals surface area contributed by atoms with E-state index in [1.807, 2.05) is 0 Å². The van der Waals surface area contributed by atoms with Gasteiger partial charge in [-0.3, -0.25) is 13.8 Å². The van der Waals surface area contributed by atoms with Crippen molar-refractivity contribution in [2.24, 2.45) is 0 Å². The Morgan fingerprint density at radius 1 is 0.525 bits per heavy atom. The van der Waals surface area contributed by atoms with Gasteiger partial charge in [-0.05, 0) is 44.9 Å². The van der Waals surface area contributed by atoms with E-state index < -0.39 is 33.2 Å². The van der Waals surface area contributed by atoms with E-state index >= 15 is 0 Å². The lowest BCUT2D eigenvalue weighted by atomic mass is 10.0. The predicted molar refractivity (Wildman–Crippen MR) is 247 cm³/mol. The molecule has 0 aromatic heterocycles. The highest BCUT2D eigenvalue weighted by Crippen LogP contribution is 2.43. The van der Waals surface area contributed by atoms with E-state index in [9.17, 15) is 19.4 Å². The van der Waals surface area contributed by atoms with Crippen LogP contribution < -0.4 is 0 Å². The summed E-state index contributed by atoms with van der Waals surface area (Å²) in [6.07, 6.45) is 50.0. The molecule has 0 radical (unpaired) electrons. The van der Waals surface area contributed by atoms with Crippen molar-refractivity contribution < 1.29 is 43.0 Å². The van der Waals surface area contributed by atoms with Crippen LogP contribution in [0, 0.1) is 0 Å². The molecular weight excluding hydrogens is 764 g/mol. The molecule has 10 heteroatoms. The smallest absolute Gasteiger partial charge is 0.457 e. The Morgan fingerprint density at radius 3 is 1.36 bits per heavy atom. The lowest BCUT2D eigenvalue weighted by molar-refractivity contribution is -0.154. The first-order chi connectivity index (χ1) is 28.8. The van der Waals surface area contributed by atoms with Gasteiger partial charge in [-0.15, -0.1) is 0 Å². The zero-order valence-corrected chi connectivity index (χ0v) is 39.4. The number of carbonyl (C=O) groups excluding carboxylic acids is 1. The molecular formula is C49H95O9P. The summed E-state index contributed by atoms with van der Waals surface area (Å²) in [7, 11) is -4.52. The highest BCUT2D eigenvalue weighted by atomic mass is 31.2. The number of allylic oxidation sites excluding steroid dienone is 4. The normalized spacial score (nSPS) is 14.1. The van der Waals surface area contributed by atoms with Crippen LogP contribution in [-0.4, -0.2) is 66.3 Å². The molecule has 3 unspecified atom stereocenters. The fraction of sp³-hybridized carbons (Fsp3) is 0.898. The number of ether oxygens (including phenoxy) is 2. The van der Waals surface area contributed by atoms with Crippen molar-refractivity contribution in [1.29, 1.82) is 0 Å². The minimum Gasteiger partial charge on any atom is -0.457 e. The zero-order chi connectivity index (χ0) is 43.2. The Balaban J connectivity index is 4.02. The van der Waals surface area contributed by atoms with Crippen LogP contribution in [0.15, 0.2) is 24.3 Å². The summed E-state index contributed by atoms with van der Waals surface area (Å²) in [5.74, 6) is -0.379. The van der Waals surface area contributed by atoms with Crippen LogP contribution in [0.5, 0.6) is 0 Å². The van der Waals surface area contributed by atoms with Crippen molar-refractivity contribution >= 4 is 13.8 Å². The van der Waals surface area contributed by atoms with Crippen LogP contribution in [0.4, 0.5) is 0 Å². The van der Waals surface area contributed by atoms with Crippen molar-refractivity contribution in [1.82, 2.24) is 0 Å². The maximum Gasteiger partial charge on any atom is 0.472 e. The van der Waals surface area contributed by atoms with Gasteiger partial charge in [0.1, 0.15) is 12.2 Å². The van der Waals surface area contributed by atoms with E-state index in [0.29, 0.717) is 6.61 Å². The second-order valence-electron chi connectivity index (χ2n) is 16.8. The molecule has 0 aliphatic carbocycles. The van der Waals surface area contributed by atoms with Crippen LogP contribution in [0.25, 0.3) is 0 Å². The third-order valence-electron chi connectivity index (χ3n) is 10.9. The lowest BCUT2D eigenvalue weighted by Gasteiger charge is -2.20. The van der Waals surface area contributed by atoms with Gasteiger partial charge in [0.2, 0.25) is 0 Å². The van der Waals surface area contributed by atoms with Crippen molar-refractivity contribution in [2.45, 2.75) is 251 Å². The molecule has 0 bridgehead atoms. The molecule has 0 aliphatic heterocycles. The van der Waals surface area contributed by atoms with Crippen LogP contribution in [-0.2, 0) is 27.9 Å². The average molecular weight is 859 g/mol. The molecule has 0 heterocycles. The van der Waals surface area contributed by atoms with E-state index in [4.69, 9.17) is 23.6 Å². The second-order valence-corrected chi connectivity index (χ2v) is 18.3. The van der Waals surface area contributed by atoms with Crippen LogP contribution in [0.3, 0.4) is 0 Å². The van der Waals surface area contributed by atoms with Gasteiger partial charge in [-0.25, -0.2) is 4.57 Å². The number of unbranched alkanes of at least 4 members (excludes halogenated alkanes) is 30. The summed E-state index contributed by atoms with van der Waals surface area (Å²) < 4.78 is 33.5. The molecule has 3 N–H and O–H groups in total. The van der Waals surface area contributed by atoms with E-state index in [-0.39, 0.29) is 25.6 Å². The minimum atomic E-state index is -4.52. The van der Waals surface area contributed by atoms with Crippen molar-refractivity contribution in [3.63, 3.8) is 0 Å². The Bertz CT molecular complexity index is 975. The van der Waals surface area contributed by atoms with Gasteiger partial charge in [0.05, 0.1) is 26.4 Å². The molecule has 0 aromatic carbocycles. The molecule has 59 heavy (non-hydrogen) atoms. The maximum absolute atomic E-state index is 12.6. The van der Waals surface area contributed by atoms with Gasteiger partial charge in [-0.2, -0.15) is 0 Å². The average Bonchev–Trinajstić information content (AvgIpc) is 3.23. The van der Waals surface area contributed by atoms with Crippen molar-refractivity contribution in [3.8, 4) is 0 Å². The Labute approximate surface area is 363 Å². The summed E-state index contributed by atoms with van der Waals surface area (Å²) in [4.78, 5) is 22.6. The molecule has 0 aliphatic rings. The molecule has 0 amide bonds. The molecule has 0 fully saturated rings. The Morgan fingerprint density at radius 2 is 0.915 bits per heavy atom. The number of esters is 1. The van der Waals surface area contributed by atoms with E-state index in [1.54, 1.807) is 0 Å². The number of hydrogen-bond donors (Lipinski definition) is 3. The van der Waals surface area contributed by atoms with Gasteiger partial charge in [-0.1, -0.05) is 212 Å². The van der Waals surface area contributed by atoms with Crippen molar-refractivity contribution in [3.05, 3.63) is 24.3 Å². The first-order valence-corrected chi connectivity index (χ1v) is 26.3. The summed E-state index contributed by atoms with van der Waals surface area (Å²) in [6.45, 7) is 3.55. The Hall–Kier alpha value is -1.06. The van der Waals surface area contributed by atoms with Gasteiger partial charge in [0.15, 0.2) is 0 Å². The molecule has 3 atom stereocenters. The summed E-state index contributed by atoms with van der Waals surface area (Å²) >= 11 is 0. The van der Waals surface area contributed by atoms with Crippen LogP contribution in [0.1, 0.15) is 239 Å². The topological polar surface area (TPSA) is 132 Å². The Kier molecular flexibility index (Phi) is 45.6. The molecule has 350 valence electrons. The molecule has 0 aromatic rings. The number of aliphatic hydroxyl groups excluding tert-OH is 2. The van der Waals surface area contributed by atoms with Gasteiger partial charge >= 0.3 is 13.8 Å². The van der Waals surface area contributed by atoms with E-state index in [2.05, 4.69) is 38.2 Å². The zero-order valence-electron chi connectivity index (χ0n) is 38.5. The van der Waals surface area contributed by atoms with Crippen LogP contribution in [0.2, 0.25) is 0 Å². The fourth-order valence-electron chi connectivity index (χ4n) is 7.09. The third-order valence-corrected chi connectivity index (χ3v) is 11.8. The van der Waals surface area contributed by atoms with E-state index in [0.717, 1.165) is 44.9 Å². The molecule has 0 spiro atoms. The number of carbonyl (C=O) groups is 1. The van der Waals surface area contributed by atoms with Crippen LogP contribution >= 0.6 is 7.82 Å². The highest BCUT2D eigenvalue weighted by Gasteiger charge is 2.26. The first kappa shape index (κ1) is 57.9. The predicted octanol–water partition coefficient (Wildman–Crippen LogP) is 14.2. The van der Waals surface area contributed by atoms with E-state index in [1.165, 1.54) is 173 Å². The summed E-state index contributed by atoms with van der Waals surface area (Å²) in [5.41, 5.74) is 0. The standard InChI is InChI=1S/C49H95O9P/c1-3-5-7-9-11-13-15-17-19-20-21-22-23-24-25-26-27-28-30-32-34-36-38-40-42-55-45-48(46-57-59(53,54)56-44-47(51)43-50)58-49(52)41-39-37-35-33-31-29-18-16-14-12-10-8-6-4-2/h15,17,20-21,47-48,50-51H,3-14,16,18-19,22-46H2,1-2H3,(H,53,54)/b17-15-,21-20-. The molecule has 9 nitrogen and oxygen atoms in total. The quantitative estimate of drug-likeness (QED) is 0.0237. The summed E-state index contributed by atoms with van der Waals surface area (Å²) in [6, 6.07) is 0. The molecule has 0 saturated carbocycles. The second kappa shape index (κ2) is 46.4. The molecule has 0 rings (SSSR count). The maximum atomic E-state index is 12.6. The van der Waals surface area contributed by atoms with Crippen molar-refractivity contribution in [2.75, 3.05) is 33.0 Å². The number of phosphoric acid groups is 1. The summed E-state index contributed by atoms with van der Waals surface area (Å²) in [5, 5.41) is 18.4. The number of phosphoric ester groups is 1. The third kappa shape index (κ3) is 46.3. The minimum absolute atomic E-state index is 0.0530.